The van der Waals surface area contributed by atoms with Crippen LogP contribution in [-0.4, -0.2) is 62.0 Å². The molecule has 1 rings (SSSR count). The van der Waals surface area contributed by atoms with Gasteiger partial charge in [-0.2, -0.15) is 0 Å². The summed E-state index contributed by atoms with van der Waals surface area (Å²) in [7, 11) is 0. The molecule has 1 saturated heterocycles. The summed E-state index contributed by atoms with van der Waals surface area (Å²) in [4.78, 5) is 0. The Morgan fingerprint density at radius 1 is 1.36 bits per heavy atom. The van der Waals surface area contributed by atoms with Gasteiger partial charge in [-0.1, -0.05) is 0 Å². The molecule has 4 atom stereocenters. The maximum absolute atomic E-state index is 11.0. The van der Waals surface area contributed by atoms with Crippen molar-refractivity contribution in [1.82, 2.24) is 0 Å². The van der Waals surface area contributed by atoms with E-state index in [0.717, 1.165) is 6.92 Å². The van der Waals surface area contributed by atoms with Crippen molar-refractivity contribution >= 4 is 0 Å². The summed E-state index contributed by atoms with van der Waals surface area (Å²) in [5.41, 5.74) is -1.80. The lowest BCUT2D eigenvalue weighted by atomic mass is 9.86. The minimum absolute atomic E-state index is 0.775. The predicted molar refractivity (Wildman–Crippen MR) is 39.5 cm³/mol. The summed E-state index contributed by atoms with van der Waals surface area (Å²) in [5, 5.41) is 56.6. The molecule has 0 aromatic rings. The van der Waals surface area contributed by atoms with Gasteiger partial charge in [0.25, 0.3) is 0 Å². The molecule has 0 unspecified atom stereocenters. The molecule has 0 spiro atoms. The molecule has 5 N–H and O–H groups in total. The third-order valence-electron chi connectivity index (χ3n) is 2.37. The topological polar surface area (TPSA) is 133 Å². The van der Waals surface area contributed by atoms with Crippen LogP contribution in [0.1, 0.15) is 6.92 Å². The van der Waals surface area contributed by atoms with Gasteiger partial charge in [0.05, 0.1) is 6.61 Å². The molecule has 14 heavy (non-hydrogen) atoms. The summed E-state index contributed by atoms with van der Waals surface area (Å²) < 4.78 is 4.56. The van der Waals surface area contributed by atoms with Gasteiger partial charge in [-0.05, 0) is 6.92 Å². The van der Waals surface area contributed by atoms with Crippen molar-refractivity contribution in [2.24, 2.45) is 0 Å². The van der Waals surface area contributed by atoms with Gasteiger partial charge in [-0.15, -0.1) is 0 Å². The summed E-state index contributed by atoms with van der Waals surface area (Å²) in [6, 6.07) is 0. The van der Waals surface area contributed by atoms with E-state index >= 15 is 0 Å². The maximum atomic E-state index is 11.0. The molecule has 1 fully saturated rings. The second kappa shape index (κ2) is 3.38. The maximum Gasteiger partial charge on any atom is 0.220 e. The minimum atomic E-state index is -2.98. The molecule has 0 amide bonds. The fraction of sp³-hybridized carbons (Fsp3) is 1.00. The number of aliphatic hydroxyl groups is 5. The Morgan fingerprint density at radius 3 is 2.29 bits per heavy atom. The lowest BCUT2D eigenvalue weighted by Gasteiger charge is -2.52. The Hall–Kier alpha value is -0.280. The summed E-state index contributed by atoms with van der Waals surface area (Å²) >= 11 is 0. The Balaban J connectivity index is 2.99. The first-order valence-corrected chi connectivity index (χ1v) is 4.01. The first kappa shape index (κ1) is 11.8. The molecule has 1 aliphatic heterocycles. The molecule has 0 aromatic carbocycles. The smallest absolute Gasteiger partial charge is 0.220 e. The molecule has 1 heterocycles. The van der Waals surface area contributed by atoms with Crippen molar-refractivity contribution in [2.75, 3.05) is 6.61 Å². The van der Waals surface area contributed by atoms with Gasteiger partial charge in [0.15, 0.2) is 0 Å². The van der Waals surface area contributed by atoms with Crippen molar-refractivity contribution in [3.8, 4) is 0 Å². The van der Waals surface area contributed by atoms with Crippen molar-refractivity contribution in [1.29, 1.82) is 0 Å². The Morgan fingerprint density at radius 2 is 1.86 bits per heavy atom. The van der Waals surface area contributed by atoms with E-state index < -0.39 is 36.5 Å². The van der Waals surface area contributed by atoms with Crippen LogP contribution in [0, 0.1) is 0 Å². The van der Waals surface area contributed by atoms with Crippen LogP contribution in [0.2, 0.25) is 0 Å². The number of ether oxygens (including phenoxy) is 1. The van der Waals surface area contributed by atoms with Crippen molar-refractivity contribution < 1.29 is 35.4 Å². The number of hydrogen-bond donors (Lipinski definition) is 5. The lowest BCUT2D eigenvalue weighted by Crippen LogP contribution is -2.74. The minimum Gasteiger partial charge on any atom is -0.829 e. The largest absolute Gasteiger partial charge is 0.829 e. The number of aliphatic hydroxyl groups excluding tert-OH is 3. The van der Waals surface area contributed by atoms with Gasteiger partial charge < -0.3 is 35.4 Å². The molecule has 7 heteroatoms. The highest BCUT2D eigenvalue weighted by molar-refractivity contribution is 5.00. The van der Waals surface area contributed by atoms with Gasteiger partial charge in [-0.25, -0.2) is 0 Å². The second-order valence-corrected chi connectivity index (χ2v) is 3.59. The SMILES string of the molecule is C[C@]1(CO)O[C@@H]([O-])[C@H](O)C(O)(O)[C@@H]1O. The van der Waals surface area contributed by atoms with E-state index in [9.17, 15) is 20.4 Å². The Bertz CT molecular complexity index is 213. The van der Waals surface area contributed by atoms with Crippen molar-refractivity contribution in [2.45, 2.75) is 36.8 Å². The molecule has 0 aromatic heterocycles. The Kier molecular flexibility index (Phi) is 2.85. The second-order valence-electron chi connectivity index (χ2n) is 3.59. The lowest BCUT2D eigenvalue weighted by molar-refractivity contribution is -0.562. The van der Waals surface area contributed by atoms with Crippen LogP contribution in [-0.2, 0) is 4.74 Å². The predicted octanol–water partition coefficient (Wildman–Crippen LogP) is -4.14. The van der Waals surface area contributed by atoms with E-state index in [0.29, 0.717) is 0 Å². The van der Waals surface area contributed by atoms with Gasteiger partial charge in [0.1, 0.15) is 17.8 Å². The Labute approximate surface area is 79.8 Å². The zero-order valence-electron chi connectivity index (χ0n) is 7.49. The summed E-state index contributed by atoms with van der Waals surface area (Å²) in [6.45, 7) is 0.359. The standard InChI is InChI=1S/C7H13O7/c1-6(2-8)5(11)7(12,13)3(9)4(10)14-6/h3-5,8-9,11-13H,2H2,1H3/q-1/t3-,4+,5+,6+/m0/s1. The van der Waals surface area contributed by atoms with Crippen LogP contribution < -0.4 is 5.11 Å². The van der Waals surface area contributed by atoms with Gasteiger partial charge in [0.2, 0.25) is 5.79 Å². The third kappa shape index (κ3) is 1.52. The van der Waals surface area contributed by atoms with Gasteiger partial charge >= 0.3 is 0 Å². The molecule has 0 radical (unpaired) electrons. The van der Waals surface area contributed by atoms with E-state index in [1.165, 1.54) is 0 Å². The highest BCUT2D eigenvalue weighted by Crippen LogP contribution is 2.32. The van der Waals surface area contributed by atoms with Crippen molar-refractivity contribution in [3.63, 3.8) is 0 Å². The molecule has 0 bridgehead atoms. The van der Waals surface area contributed by atoms with Gasteiger partial charge in [-0.3, -0.25) is 0 Å². The molecule has 0 saturated carbocycles. The van der Waals surface area contributed by atoms with E-state index in [-0.39, 0.29) is 0 Å². The summed E-state index contributed by atoms with van der Waals surface area (Å²) in [6.07, 6.45) is -6.28. The molecular formula is C7H13O7-. The van der Waals surface area contributed by atoms with Crippen LogP contribution >= 0.6 is 0 Å². The third-order valence-corrected chi connectivity index (χ3v) is 2.37. The van der Waals surface area contributed by atoms with E-state index in [4.69, 9.17) is 10.2 Å². The van der Waals surface area contributed by atoms with Crippen LogP contribution in [0.25, 0.3) is 0 Å². The van der Waals surface area contributed by atoms with Crippen LogP contribution in [0.3, 0.4) is 0 Å². The zero-order chi connectivity index (χ0) is 11.1. The molecule has 1 aliphatic rings. The quantitative estimate of drug-likeness (QED) is 0.277. The zero-order valence-corrected chi connectivity index (χ0v) is 7.49. The molecule has 84 valence electrons. The normalized spacial score (nSPS) is 47.8. The average molecular weight is 209 g/mol. The van der Waals surface area contributed by atoms with E-state index in [1.807, 2.05) is 0 Å². The first-order valence-electron chi connectivity index (χ1n) is 4.01. The van der Waals surface area contributed by atoms with E-state index in [1.54, 1.807) is 0 Å². The fourth-order valence-electron chi connectivity index (χ4n) is 1.33. The van der Waals surface area contributed by atoms with Crippen molar-refractivity contribution in [3.05, 3.63) is 0 Å². The highest BCUT2D eigenvalue weighted by atomic mass is 16.7. The summed E-state index contributed by atoms with van der Waals surface area (Å²) in [5.74, 6) is -2.98. The average Bonchev–Trinajstić information content (AvgIpc) is 2.13. The highest BCUT2D eigenvalue weighted by Gasteiger charge is 2.56. The molecule has 0 aliphatic carbocycles. The molecule has 7 nitrogen and oxygen atoms in total. The van der Waals surface area contributed by atoms with Gasteiger partial charge in [0, 0.05) is 6.29 Å². The number of rotatable bonds is 1. The fourth-order valence-corrected chi connectivity index (χ4v) is 1.33. The molecular weight excluding hydrogens is 196 g/mol. The number of hydrogen-bond acceptors (Lipinski definition) is 7. The van der Waals surface area contributed by atoms with E-state index in [2.05, 4.69) is 4.74 Å². The van der Waals surface area contributed by atoms with Crippen LogP contribution in [0.5, 0.6) is 0 Å². The first-order chi connectivity index (χ1) is 6.25. The monoisotopic (exact) mass is 209 g/mol. The van der Waals surface area contributed by atoms with Crippen LogP contribution in [0.15, 0.2) is 0 Å². The van der Waals surface area contributed by atoms with Crippen LogP contribution in [0.4, 0.5) is 0 Å².